The van der Waals surface area contributed by atoms with Crippen LogP contribution in [0.1, 0.15) is 24.6 Å². The molecule has 0 unspecified atom stereocenters. The van der Waals surface area contributed by atoms with Gasteiger partial charge in [0.2, 0.25) is 4.96 Å². The van der Waals surface area contributed by atoms with E-state index in [-0.39, 0.29) is 0 Å². The lowest BCUT2D eigenvalue weighted by atomic mass is 10.00. The Morgan fingerprint density at radius 3 is 2.95 bits per heavy atom. The Kier molecular flexibility index (Phi) is 2.67. The summed E-state index contributed by atoms with van der Waals surface area (Å²) in [4.78, 5) is 0.780. The summed E-state index contributed by atoms with van der Waals surface area (Å²) >= 11 is 1.46. The number of nitrogens with one attached hydrogen (secondary N) is 1. The van der Waals surface area contributed by atoms with Crippen molar-refractivity contribution >= 4 is 22.1 Å². The highest BCUT2D eigenvalue weighted by Crippen LogP contribution is 2.31. The molecule has 0 radical (unpaired) electrons. The summed E-state index contributed by atoms with van der Waals surface area (Å²) in [5.41, 5.74) is 6.63. The Bertz CT molecular complexity index is 739. The van der Waals surface area contributed by atoms with Crippen molar-refractivity contribution in [3.8, 4) is 10.6 Å². The topological polar surface area (TPSA) is 107 Å². The van der Waals surface area contributed by atoms with Crippen molar-refractivity contribution < 1.29 is 4.74 Å². The maximum atomic E-state index is 5.83. The van der Waals surface area contributed by atoms with E-state index < -0.39 is 0 Å². The third-order valence-corrected chi connectivity index (χ3v) is 4.43. The molecule has 0 atom stereocenters. The third-order valence-electron chi connectivity index (χ3n) is 3.50. The van der Waals surface area contributed by atoms with Crippen molar-refractivity contribution in [1.29, 1.82) is 0 Å². The van der Waals surface area contributed by atoms with E-state index in [1.54, 1.807) is 6.20 Å². The van der Waals surface area contributed by atoms with Gasteiger partial charge in [-0.05, 0) is 12.8 Å². The van der Waals surface area contributed by atoms with Crippen LogP contribution in [0.25, 0.3) is 15.5 Å². The number of nitrogens with zero attached hydrogens (tertiary/aromatic N) is 5. The van der Waals surface area contributed by atoms with Crippen LogP contribution in [-0.4, -0.2) is 43.2 Å². The molecule has 1 aliphatic rings. The molecule has 0 bridgehead atoms. The highest BCUT2D eigenvalue weighted by atomic mass is 32.1. The summed E-state index contributed by atoms with van der Waals surface area (Å²) in [5.74, 6) is 1.78. The fourth-order valence-electron chi connectivity index (χ4n) is 2.42. The largest absolute Gasteiger partial charge is 0.383 e. The van der Waals surface area contributed by atoms with Crippen LogP contribution in [0.2, 0.25) is 0 Å². The number of anilines is 1. The molecule has 1 saturated heterocycles. The molecule has 0 aliphatic carbocycles. The molecule has 3 aromatic rings. The first-order valence-electron chi connectivity index (χ1n) is 6.42. The van der Waals surface area contributed by atoms with Crippen LogP contribution in [0.4, 0.5) is 5.82 Å². The molecule has 4 heterocycles. The van der Waals surface area contributed by atoms with Crippen molar-refractivity contribution in [2.75, 3.05) is 18.9 Å². The SMILES string of the molecule is Nc1[nH]ncc1-c1nn2c(C3CCOCC3)nnc2s1. The lowest BCUT2D eigenvalue weighted by Gasteiger charge is -2.19. The van der Waals surface area contributed by atoms with Crippen molar-refractivity contribution in [1.82, 2.24) is 30.0 Å². The maximum Gasteiger partial charge on any atom is 0.234 e. The molecule has 3 N–H and O–H groups in total. The van der Waals surface area contributed by atoms with Crippen LogP contribution in [0.15, 0.2) is 6.20 Å². The molecule has 1 aliphatic heterocycles. The van der Waals surface area contributed by atoms with E-state index in [1.165, 1.54) is 11.3 Å². The van der Waals surface area contributed by atoms with E-state index in [2.05, 4.69) is 25.5 Å². The number of aromatic amines is 1. The minimum absolute atomic E-state index is 0.357. The van der Waals surface area contributed by atoms with E-state index in [1.807, 2.05) is 4.52 Å². The minimum atomic E-state index is 0.357. The number of aromatic nitrogens is 6. The Morgan fingerprint density at radius 1 is 1.35 bits per heavy atom. The maximum absolute atomic E-state index is 5.83. The molecule has 3 aromatic heterocycles. The monoisotopic (exact) mass is 291 g/mol. The molecule has 9 heteroatoms. The van der Waals surface area contributed by atoms with Crippen LogP contribution in [0.5, 0.6) is 0 Å². The molecule has 8 nitrogen and oxygen atoms in total. The second-order valence-electron chi connectivity index (χ2n) is 4.74. The summed E-state index contributed by atoms with van der Waals surface area (Å²) in [7, 11) is 0. The zero-order valence-electron chi connectivity index (χ0n) is 10.6. The Morgan fingerprint density at radius 2 is 2.20 bits per heavy atom. The van der Waals surface area contributed by atoms with Crippen LogP contribution < -0.4 is 5.73 Å². The number of hydrogen-bond acceptors (Lipinski definition) is 7. The molecule has 0 aromatic carbocycles. The molecule has 104 valence electrons. The molecular formula is C11H13N7OS. The number of hydrogen-bond donors (Lipinski definition) is 2. The van der Waals surface area contributed by atoms with E-state index in [0.29, 0.717) is 11.7 Å². The second kappa shape index (κ2) is 4.53. The van der Waals surface area contributed by atoms with Crippen LogP contribution in [0, 0.1) is 0 Å². The van der Waals surface area contributed by atoms with Crippen molar-refractivity contribution in [3.05, 3.63) is 12.0 Å². The van der Waals surface area contributed by atoms with Gasteiger partial charge in [-0.15, -0.1) is 10.2 Å². The molecule has 4 rings (SSSR count). The quantitative estimate of drug-likeness (QED) is 0.731. The summed E-state index contributed by atoms with van der Waals surface area (Å²) in [5, 5.41) is 20.5. The summed E-state index contributed by atoms with van der Waals surface area (Å²) < 4.78 is 7.21. The first-order chi connectivity index (χ1) is 9.83. The molecule has 20 heavy (non-hydrogen) atoms. The Balaban J connectivity index is 1.77. The van der Waals surface area contributed by atoms with Gasteiger partial charge in [0.1, 0.15) is 5.82 Å². The average Bonchev–Trinajstić information content (AvgIpc) is 3.13. The molecular weight excluding hydrogens is 278 g/mol. The number of H-pyrrole nitrogens is 1. The van der Waals surface area contributed by atoms with Crippen LogP contribution in [-0.2, 0) is 4.74 Å². The minimum Gasteiger partial charge on any atom is -0.383 e. The summed E-state index contributed by atoms with van der Waals surface area (Å²) in [6.07, 6.45) is 3.60. The number of ether oxygens (including phenoxy) is 1. The van der Waals surface area contributed by atoms with Crippen molar-refractivity contribution in [2.24, 2.45) is 0 Å². The normalized spacial score (nSPS) is 17.0. The molecule has 0 spiro atoms. The zero-order valence-corrected chi connectivity index (χ0v) is 11.4. The first kappa shape index (κ1) is 11.8. The van der Waals surface area contributed by atoms with Gasteiger partial charge in [0.25, 0.3) is 0 Å². The van der Waals surface area contributed by atoms with E-state index >= 15 is 0 Å². The van der Waals surface area contributed by atoms with Crippen LogP contribution >= 0.6 is 11.3 Å². The fraction of sp³-hybridized carbons (Fsp3) is 0.455. The predicted octanol–water partition coefficient (Wildman–Crippen LogP) is 1.05. The molecule has 1 fully saturated rings. The van der Waals surface area contributed by atoms with Gasteiger partial charge in [0.15, 0.2) is 10.8 Å². The van der Waals surface area contributed by atoms with Crippen molar-refractivity contribution in [3.63, 3.8) is 0 Å². The fourth-order valence-corrected chi connectivity index (χ4v) is 3.29. The number of nitrogens with two attached hydrogens (primary N) is 1. The number of fused-ring (bicyclic) bond motifs is 1. The van der Waals surface area contributed by atoms with Gasteiger partial charge in [-0.3, -0.25) is 5.10 Å². The van der Waals surface area contributed by atoms with E-state index in [9.17, 15) is 0 Å². The highest BCUT2D eigenvalue weighted by molar-refractivity contribution is 7.19. The van der Waals surface area contributed by atoms with Gasteiger partial charge in [0.05, 0.1) is 11.8 Å². The average molecular weight is 291 g/mol. The molecule has 0 saturated carbocycles. The summed E-state index contributed by atoms with van der Waals surface area (Å²) in [6.45, 7) is 1.54. The third kappa shape index (κ3) is 1.78. The van der Waals surface area contributed by atoms with Gasteiger partial charge < -0.3 is 10.5 Å². The predicted molar refractivity (Wildman–Crippen MR) is 73.4 cm³/mol. The second-order valence-corrected chi connectivity index (χ2v) is 5.70. The van der Waals surface area contributed by atoms with E-state index in [0.717, 1.165) is 47.4 Å². The summed E-state index contributed by atoms with van der Waals surface area (Å²) in [6, 6.07) is 0. The standard InChI is InChI=1S/C11H13N7OS/c12-8-7(5-13-14-8)10-17-18-9(15-16-11(18)20-10)6-1-3-19-4-2-6/h5-6H,1-4H2,(H3,12,13,14). The zero-order chi connectivity index (χ0) is 13.5. The van der Waals surface area contributed by atoms with Gasteiger partial charge in [-0.1, -0.05) is 11.3 Å². The van der Waals surface area contributed by atoms with Gasteiger partial charge in [0, 0.05) is 19.1 Å². The van der Waals surface area contributed by atoms with Crippen LogP contribution in [0.3, 0.4) is 0 Å². The smallest absolute Gasteiger partial charge is 0.234 e. The van der Waals surface area contributed by atoms with E-state index in [4.69, 9.17) is 10.5 Å². The lowest BCUT2D eigenvalue weighted by Crippen LogP contribution is -2.16. The van der Waals surface area contributed by atoms with Crippen molar-refractivity contribution in [2.45, 2.75) is 18.8 Å². The van der Waals surface area contributed by atoms with Gasteiger partial charge >= 0.3 is 0 Å². The Labute approximate surface area is 118 Å². The Hall–Kier alpha value is -2.00. The molecule has 0 amide bonds. The van der Waals surface area contributed by atoms with Gasteiger partial charge in [-0.25, -0.2) is 0 Å². The highest BCUT2D eigenvalue weighted by Gasteiger charge is 2.24. The number of rotatable bonds is 2. The lowest BCUT2D eigenvalue weighted by molar-refractivity contribution is 0.0832. The van der Waals surface area contributed by atoms with Gasteiger partial charge in [-0.2, -0.15) is 14.7 Å². The number of nitrogen functional groups attached to an aromatic ring is 1. The first-order valence-corrected chi connectivity index (χ1v) is 7.23.